The molecule has 3 saturated heterocycles. The van der Waals surface area contributed by atoms with Gasteiger partial charge in [0.1, 0.15) is 48.8 Å². The number of ether oxygens (including phenoxy) is 5. The van der Waals surface area contributed by atoms with E-state index in [0.717, 1.165) is 0 Å². The Morgan fingerprint density at radius 3 is 1.55 bits per heavy atom. The second-order valence-corrected chi connectivity index (χ2v) is 14.9. The number of aliphatic hydroxyl groups excluding tert-OH is 4. The summed E-state index contributed by atoms with van der Waals surface area (Å²) in [5, 5.41) is 52.1. The number of carboxylic acids is 1. The van der Waals surface area contributed by atoms with Crippen molar-refractivity contribution >= 4 is 47.6 Å². The Morgan fingerprint density at radius 2 is 1.06 bits per heavy atom. The fraction of sp³-hybridized carbons (Fsp3) is 0.944. The molecular formula is C18H32N2O27S4. The molecule has 3 heterocycles. The molecule has 0 spiro atoms. The fourth-order valence-electron chi connectivity index (χ4n) is 4.86. The predicted octanol–water partition coefficient (Wildman–Crippen LogP) is -8.24. The van der Waals surface area contributed by atoms with Gasteiger partial charge in [-0.05, 0) is 0 Å². The van der Waals surface area contributed by atoms with Crippen LogP contribution < -0.4 is 11.5 Å². The van der Waals surface area contributed by atoms with Gasteiger partial charge >= 0.3 is 47.6 Å². The summed E-state index contributed by atoms with van der Waals surface area (Å²) < 4.78 is 170. The number of hydrogen-bond acceptors (Lipinski definition) is 24. The molecule has 0 amide bonds. The van der Waals surface area contributed by atoms with Gasteiger partial charge in [0.25, 0.3) is 0 Å². The zero-order valence-electron chi connectivity index (χ0n) is 24.7. The second-order valence-electron chi connectivity index (χ2n) is 10.6. The van der Waals surface area contributed by atoms with E-state index in [1.165, 1.54) is 0 Å². The smallest absolute Gasteiger partial charge is 0.397 e. The molecule has 0 aliphatic carbocycles. The van der Waals surface area contributed by atoms with Gasteiger partial charge in [0, 0.05) is 0 Å². The Balaban J connectivity index is 2.00. The average Bonchev–Trinajstić information content (AvgIpc) is 2.96. The highest BCUT2D eigenvalue weighted by Gasteiger charge is 2.57. The molecule has 33 heteroatoms. The molecule has 13 N–H and O–H groups in total. The van der Waals surface area contributed by atoms with Crippen molar-refractivity contribution in [3.8, 4) is 0 Å². The Kier molecular flexibility index (Phi) is 14.2. The summed E-state index contributed by atoms with van der Waals surface area (Å²) >= 11 is 0. The van der Waals surface area contributed by atoms with E-state index >= 15 is 0 Å². The summed E-state index contributed by atoms with van der Waals surface area (Å²) in [5.74, 6) is -2.10. The fourth-order valence-corrected chi connectivity index (χ4v) is 6.48. The molecule has 3 rings (SSSR count). The van der Waals surface area contributed by atoms with Gasteiger partial charge in [0.2, 0.25) is 0 Å². The molecule has 0 aromatic rings. The van der Waals surface area contributed by atoms with Crippen molar-refractivity contribution in [3.05, 3.63) is 0 Å². The molecule has 300 valence electrons. The molecule has 0 unspecified atom stereocenters. The highest BCUT2D eigenvalue weighted by molar-refractivity contribution is 7.81. The van der Waals surface area contributed by atoms with Gasteiger partial charge in [-0.15, -0.1) is 0 Å². The van der Waals surface area contributed by atoms with Crippen LogP contribution in [-0.2, 0) is 86.8 Å². The molecule has 51 heavy (non-hydrogen) atoms. The number of rotatable bonds is 15. The zero-order valence-corrected chi connectivity index (χ0v) is 28.0. The first-order valence-electron chi connectivity index (χ1n) is 13.4. The van der Waals surface area contributed by atoms with Gasteiger partial charge in [-0.1, -0.05) is 0 Å². The maximum Gasteiger partial charge on any atom is 0.397 e. The molecule has 15 atom stereocenters. The molecule has 3 aliphatic heterocycles. The van der Waals surface area contributed by atoms with E-state index in [1.54, 1.807) is 0 Å². The highest BCUT2D eigenvalue weighted by atomic mass is 32.3. The first kappa shape index (κ1) is 43.9. The molecule has 29 nitrogen and oxygen atoms in total. The summed E-state index contributed by atoms with van der Waals surface area (Å²) in [7, 11) is -21.7. The van der Waals surface area contributed by atoms with Crippen LogP contribution in [0.1, 0.15) is 0 Å². The monoisotopic (exact) mass is 836 g/mol. The van der Waals surface area contributed by atoms with Crippen LogP contribution in [0.4, 0.5) is 0 Å². The summed E-state index contributed by atoms with van der Waals surface area (Å²) in [5.41, 5.74) is 11.4. The van der Waals surface area contributed by atoms with Crippen LogP contribution in [0, 0.1) is 0 Å². The third-order valence-electron chi connectivity index (χ3n) is 7.04. The average molecular weight is 837 g/mol. The largest absolute Gasteiger partial charge is 0.479 e. The van der Waals surface area contributed by atoms with Gasteiger partial charge in [-0.25, -0.2) is 21.5 Å². The van der Waals surface area contributed by atoms with Crippen LogP contribution in [0.25, 0.3) is 0 Å². The number of carbonyl (C=O) groups is 1. The van der Waals surface area contributed by atoms with Crippen molar-refractivity contribution < 1.29 is 123 Å². The van der Waals surface area contributed by atoms with Gasteiger partial charge in [0.05, 0.1) is 25.3 Å². The Morgan fingerprint density at radius 1 is 0.569 bits per heavy atom. The SMILES string of the molecule is N[C@@H]1[C@@H](O)[C@H](O[C@@H]2O[C@@H](C(=O)O)[C@@H](O[C@H]3O[C@H](COS(=O)(=O)O)[C@@H](O)[C@H](OS(=O)(=O)O)[C@H]3N)[C@H](O)[C@H]2OS(=O)(=O)O)[C@@H](COS(=O)(=O)O)O[C@@H]1O. The molecule has 3 aliphatic rings. The minimum Gasteiger partial charge on any atom is -0.479 e. The van der Waals surface area contributed by atoms with E-state index in [9.17, 15) is 68.6 Å². The first-order chi connectivity index (χ1) is 23.1. The van der Waals surface area contributed by atoms with Crippen molar-refractivity contribution in [2.45, 2.75) is 92.0 Å². The minimum absolute atomic E-state index is 1.27. The van der Waals surface area contributed by atoms with Crippen LogP contribution >= 0.6 is 0 Å². The zero-order chi connectivity index (χ0) is 39.0. The van der Waals surface area contributed by atoms with Gasteiger partial charge in [0.15, 0.2) is 31.1 Å². The lowest BCUT2D eigenvalue weighted by Crippen LogP contribution is -2.69. The Bertz CT molecular complexity index is 1660. The van der Waals surface area contributed by atoms with E-state index in [2.05, 4.69) is 16.7 Å². The van der Waals surface area contributed by atoms with Crippen molar-refractivity contribution in [1.82, 2.24) is 0 Å². The number of aliphatic hydroxyl groups is 4. The topological polar surface area (TPSA) is 471 Å². The summed E-state index contributed by atoms with van der Waals surface area (Å²) in [6.07, 6.45) is -30.6. The Hall–Kier alpha value is -1.49. The molecule has 0 aromatic heterocycles. The molecule has 0 aromatic carbocycles. The van der Waals surface area contributed by atoms with Crippen LogP contribution in [-0.4, -0.2) is 189 Å². The quantitative estimate of drug-likeness (QED) is 0.0682. The normalized spacial score (nSPS) is 40.2. The molecule has 3 fully saturated rings. The Labute approximate surface area is 286 Å². The van der Waals surface area contributed by atoms with Crippen LogP contribution in [0.5, 0.6) is 0 Å². The number of hydrogen-bond donors (Lipinski definition) is 11. The number of aliphatic carboxylic acids is 1. The van der Waals surface area contributed by atoms with Crippen molar-refractivity contribution in [1.29, 1.82) is 0 Å². The summed E-state index contributed by atoms with van der Waals surface area (Å²) in [6, 6.07) is -3.94. The van der Waals surface area contributed by atoms with Crippen LogP contribution in [0.15, 0.2) is 0 Å². The van der Waals surface area contributed by atoms with E-state index in [0.29, 0.717) is 0 Å². The first-order valence-corrected chi connectivity index (χ1v) is 18.8. The lowest BCUT2D eigenvalue weighted by molar-refractivity contribution is -0.356. The van der Waals surface area contributed by atoms with E-state index in [-0.39, 0.29) is 0 Å². The molecule has 0 radical (unpaired) electrons. The number of nitrogens with two attached hydrogens (primary N) is 2. The maximum atomic E-state index is 12.3. The summed E-state index contributed by atoms with van der Waals surface area (Å²) in [6.45, 7) is -2.63. The van der Waals surface area contributed by atoms with Gasteiger partial charge in [-0.2, -0.15) is 33.7 Å². The third kappa shape index (κ3) is 12.3. The van der Waals surface area contributed by atoms with Crippen molar-refractivity contribution in [2.75, 3.05) is 13.2 Å². The second kappa shape index (κ2) is 16.5. The number of carboxylic acid groups (broad SMARTS) is 1. The van der Waals surface area contributed by atoms with E-state index in [4.69, 9.17) is 48.8 Å². The highest BCUT2D eigenvalue weighted by Crippen LogP contribution is 2.34. The molecular weight excluding hydrogens is 804 g/mol. The lowest BCUT2D eigenvalue weighted by atomic mass is 9.95. The standard InChI is InChI=1S/C18H32N2O27S4/c19-5-8(22)10(4(41-16(5)26)2-40-49(30,31)32)43-18-13(47-51(36,37)38)9(23)12(14(45-18)15(24)25)44-17-6(20)11(46-50(33,34)35)7(21)3(42-17)1-39-48(27,28)29/h3-14,16-18,21-23,26H,1-2,19-20H2,(H,24,25)(H,27,28,29)(H,30,31,32)(H,33,34,35)(H,36,37,38)/t3-,4-,5-,6-,7-,8-,9+,10-,11-,12+,13-,14-,16+,17-,18-/m1/s1. The lowest BCUT2D eigenvalue weighted by Gasteiger charge is -2.48. The van der Waals surface area contributed by atoms with Crippen molar-refractivity contribution in [3.63, 3.8) is 0 Å². The molecule has 0 bridgehead atoms. The van der Waals surface area contributed by atoms with E-state index < -0.39 is 153 Å². The summed E-state index contributed by atoms with van der Waals surface area (Å²) in [4.78, 5) is 12.3. The molecule has 0 saturated carbocycles. The minimum atomic E-state index is -5.70. The third-order valence-corrected chi connectivity index (χ3v) is 8.83. The van der Waals surface area contributed by atoms with E-state index in [1.807, 2.05) is 0 Å². The van der Waals surface area contributed by atoms with Crippen LogP contribution in [0.3, 0.4) is 0 Å². The maximum absolute atomic E-state index is 12.3. The van der Waals surface area contributed by atoms with Gasteiger partial charge < -0.3 is 60.7 Å². The van der Waals surface area contributed by atoms with Crippen molar-refractivity contribution in [2.24, 2.45) is 11.5 Å². The van der Waals surface area contributed by atoms with Gasteiger partial charge in [-0.3, -0.25) is 18.2 Å². The van der Waals surface area contributed by atoms with Crippen LogP contribution in [0.2, 0.25) is 0 Å². The predicted molar refractivity (Wildman–Crippen MR) is 147 cm³/mol.